The minimum Gasteiger partial charge on any atom is -0.396 e. The molecule has 0 aliphatic heterocycles. The molecule has 0 rings (SSSR count). The van der Waals surface area contributed by atoms with Gasteiger partial charge in [-0.15, -0.1) is 0 Å². The molecule has 0 aliphatic rings. The first-order valence-corrected chi connectivity index (χ1v) is 15.4. The van der Waals surface area contributed by atoms with Gasteiger partial charge in [0.2, 0.25) is 0 Å². The van der Waals surface area contributed by atoms with Crippen LogP contribution >= 0.6 is 0 Å². The molecule has 0 unspecified atom stereocenters. The van der Waals surface area contributed by atoms with E-state index < -0.39 is 0 Å². The van der Waals surface area contributed by atoms with Crippen molar-refractivity contribution in [1.29, 1.82) is 0 Å². The number of aliphatic hydroxyl groups is 1. The van der Waals surface area contributed by atoms with E-state index in [1.54, 1.807) is 0 Å². The Bertz CT molecular complexity index is 309. The largest absolute Gasteiger partial charge is 0.396 e. The summed E-state index contributed by atoms with van der Waals surface area (Å²) < 4.78 is 1.12. The van der Waals surface area contributed by atoms with Crippen molar-refractivity contribution in [2.75, 3.05) is 34.3 Å². The Morgan fingerprint density at radius 3 is 0.848 bits per heavy atom. The summed E-state index contributed by atoms with van der Waals surface area (Å²) in [4.78, 5) is 0. The molecule has 0 fully saturated rings. The fourth-order valence-electron chi connectivity index (χ4n) is 4.38. The molecule has 2 heteroatoms. The highest BCUT2D eigenvalue weighted by molar-refractivity contribution is 4.49. The summed E-state index contributed by atoms with van der Waals surface area (Å²) in [6.07, 6.45) is 33.6. The lowest BCUT2D eigenvalue weighted by molar-refractivity contribution is -0.870. The Morgan fingerprint density at radius 2 is 0.606 bits per heavy atom. The normalized spacial score (nSPS) is 11.5. The van der Waals surface area contributed by atoms with E-state index in [0.717, 1.165) is 10.9 Å². The van der Waals surface area contributed by atoms with E-state index in [1.807, 2.05) is 0 Å². The summed E-state index contributed by atoms with van der Waals surface area (Å²) in [5, 5.41) is 8.64. The van der Waals surface area contributed by atoms with Crippen molar-refractivity contribution in [2.45, 2.75) is 168 Å². The molecule has 0 radical (unpaired) electrons. The molecule has 0 aromatic rings. The molecule has 0 heterocycles. The van der Waals surface area contributed by atoms with E-state index in [1.165, 1.54) is 154 Å². The van der Waals surface area contributed by atoms with Crippen LogP contribution in [0.15, 0.2) is 0 Å². The molecular weight excluding hydrogens is 402 g/mol. The van der Waals surface area contributed by atoms with Crippen molar-refractivity contribution in [3.05, 3.63) is 0 Å². The van der Waals surface area contributed by atoms with Crippen LogP contribution in [0.3, 0.4) is 0 Å². The van der Waals surface area contributed by atoms with Gasteiger partial charge in [-0.1, -0.05) is 149 Å². The van der Waals surface area contributed by atoms with Gasteiger partial charge in [0.1, 0.15) is 0 Å². The van der Waals surface area contributed by atoms with E-state index in [-0.39, 0.29) is 0 Å². The lowest BCUT2D eigenvalue weighted by Crippen LogP contribution is -2.35. The zero-order valence-corrected chi connectivity index (χ0v) is 24.3. The van der Waals surface area contributed by atoms with Crippen LogP contribution in [0, 0.1) is 0 Å². The number of quaternary nitrogens is 1. The standard InChI is InChI=1S/C16H34O.C15H34N/c1-2-3-4-5-6-7-8-9-10-11-12-13-14-15-16-17;1-5-6-7-8-9-10-11-12-13-14-15-16(2,3)4/h17H,2-16H2,1H3;5-15H2,1-4H3/q;+1. The second kappa shape index (κ2) is 30.0. The van der Waals surface area contributed by atoms with Crippen LogP contribution in [0.5, 0.6) is 0 Å². The molecule has 0 saturated heterocycles. The molecule has 1 N–H and O–H groups in total. The van der Waals surface area contributed by atoms with Gasteiger partial charge in [0.05, 0.1) is 27.7 Å². The van der Waals surface area contributed by atoms with Crippen molar-refractivity contribution in [3.8, 4) is 0 Å². The summed E-state index contributed by atoms with van der Waals surface area (Å²) in [6, 6.07) is 0. The fraction of sp³-hybridized carbons (Fsp3) is 1.00. The maximum Gasteiger partial charge on any atom is 0.0780 e. The van der Waals surface area contributed by atoms with Crippen molar-refractivity contribution >= 4 is 0 Å². The highest BCUT2D eigenvalue weighted by Crippen LogP contribution is 2.13. The van der Waals surface area contributed by atoms with Crippen LogP contribution in [-0.2, 0) is 0 Å². The predicted molar refractivity (Wildman–Crippen MR) is 152 cm³/mol. The Balaban J connectivity index is 0. The third-order valence-electron chi connectivity index (χ3n) is 6.69. The van der Waals surface area contributed by atoms with Crippen LogP contribution in [-0.4, -0.2) is 43.9 Å². The van der Waals surface area contributed by atoms with Gasteiger partial charge in [-0.25, -0.2) is 0 Å². The maximum absolute atomic E-state index is 8.64. The fourth-order valence-corrected chi connectivity index (χ4v) is 4.38. The maximum atomic E-state index is 8.64. The molecule has 0 atom stereocenters. The molecule has 0 aromatic carbocycles. The van der Waals surface area contributed by atoms with E-state index >= 15 is 0 Å². The van der Waals surface area contributed by atoms with Gasteiger partial charge in [0.15, 0.2) is 0 Å². The molecule has 0 amide bonds. The molecule has 0 bridgehead atoms. The van der Waals surface area contributed by atoms with Gasteiger partial charge in [-0.2, -0.15) is 0 Å². The van der Waals surface area contributed by atoms with Gasteiger partial charge < -0.3 is 9.59 Å². The summed E-state index contributed by atoms with van der Waals surface area (Å²) in [7, 11) is 6.86. The zero-order chi connectivity index (χ0) is 24.9. The lowest BCUT2D eigenvalue weighted by atomic mass is 10.0. The number of hydrogen-bond acceptors (Lipinski definition) is 1. The number of unbranched alkanes of at least 4 members (excludes halogenated alkanes) is 22. The number of nitrogens with zero attached hydrogens (tertiary/aromatic N) is 1. The molecule has 0 aliphatic carbocycles. The van der Waals surface area contributed by atoms with Crippen molar-refractivity contribution in [2.24, 2.45) is 0 Å². The highest BCUT2D eigenvalue weighted by Gasteiger charge is 2.04. The SMILES string of the molecule is CCCCCCCCCCCCCCCCO.CCCCCCCCCCCC[N+](C)(C)C. The van der Waals surface area contributed by atoms with Gasteiger partial charge in [0.25, 0.3) is 0 Å². The summed E-state index contributed by atoms with van der Waals surface area (Å²) >= 11 is 0. The van der Waals surface area contributed by atoms with Crippen LogP contribution < -0.4 is 0 Å². The summed E-state index contributed by atoms with van der Waals surface area (Å²) in [5.74, 6) is 0. The number of aliphatic hydroxyl groups excluding tert-OH is 1. The summed E-state index contributed by atoms with van der Waals surface area (Å²) in [6.45, 7) is 6.27. The van der Waals surface area contributed by atoms with Crippen molar-refractivity contribution in [1.82, 2.24) is 0 Å². The van der Waals surface area contributed by atoms with Gasteiger partial charge >= 0.3 is 0 Å². The zero-order valence-electron chi connectivity index (χ0n) is 24.3. The van der Waals surface area contributed by atoms with Crippen LogP contribution in [0.1, 0.15) is 168 Å². The summed E-state index contributed by atoms with van der Waals surface area (Å²) in [5.41, 5.74) is 0. The number of rotatable bonds is 25. The van der Waals surface area contributed by atoms with Gasteiger partial charge in [-0.3, -0.25) is 0 Å². The van der Waals surface area contributed by atoms with Crippen LogP contribution in [0.2, 0.25) is 0 Å². The minimum absolute atomic E-state index is 0.373. The molecular formula is C31H68NO+. The molecule has 202 valence electrons. The second-order valence-corrected chi connectivity index (χ2v) is 11.5. The van der Waals surface area contributed by atoms with Crippen LogP contribution in [0.4, 0.5) is 0 Å². The molecule has 0 aromatic heterocycles. The van der Waals surface area contributed by atoms with Gasteiger partial charge in [0, 0.05) is 6.61 Å². The number of hydrogen-bond donors (Lipinski definition) is 1. The second-order valence-electron chi connectivity index (χ2n) is 11.5. The molecule has 2 nitrogen and oxygen atoms in total. The van der Waals surface area contributed by atoms with Gasteiger partial charge in [-0.05, 0) is 19.3 Å². The monoisotopic (exact) mass is 471 g/mol. The van der Waals surface area contributed by atoms with Crippen LogP contribution in [0.25, 0.3) is 0 Å². The predicted octanol–water partition coefficient (Wildman–Crippen LogP) is 10.1. The third-order valence-corrected chi connectivity index (χ3v) is 6.69. The average molecular weight is 471 g/mol. The van der Waals surface area contributed by atoms with E-state index in [4.69, 9.17) is 5.11 Å². The van der Waals surface area contributed by atoms with Crippen molar-refractivity contribution < 1.29 is 9.59 Å². The van der Waals surface area contributed by atoms with E-state index in [0.29, 0.717) is 6.61 Å². The van der Waals surface area contributed by atoms with E-state index in [2.05, 4.69) is 35.0 Å². The molecule has 0 saturated carbocycles. The smallest absolute Gasteiger partial charge is 0.0780 e. The first-order valence-electron chi connectivity index (χ1n) is 15.4. The Labute approximate surface area is 211 Å². The minimum atomic E-state index is 0.373. The molecule has 0 spiro atoms. The average Bonchev–Trinajstić information content (AvgIpc) is 2.78. The lowest BCUT2D eigenvalue weighted by Gasteiger charge is -2.23. The quantitative estimate of drug-likeness (QED) is 0.104. The Morgan fingerprint density at radius 1 is 0.364 bits per heavy atom. The Kier molecular flexibility index (Phi) is 31.8. The molecule has 33 heavy (non-hydrogen) atoms. The Hall–Kier alpha value is -0.0800. The first kappa shape index (κ1) is 35.1. The highest BCUT2D eigenvalue weighted by atomic mass is 16.2. The topological polar surface area (TPSA) is 20.2 Å². The first-order chi connectivity index (χ1) is 16.0. The third kappa shape index (κ3) is 39.4. The van der Waals surface area contributed by atoms with Crippen molar-refractivity contribution in [3.63, 3.8) is 0 Å². The van der Waals surface area contributed by atoms with E-state index in [9.17, 15) is 0 Å².